The second-order valence-corrected chi connectivity index (χ2v) is 4.53. The fourth-order valence-electron chi connectivity index (χ4n) is 2.01. The second-order valence-electron chi connectivity index (χ2n) is 4.53. The number of rotatable bonds is 3. The number of primary amides is 1. The van der Waals surface area contributed by atoms with Crippen LogP contribution < -0.4 is 5.73 Å². The number of hydrogen-bond donors (Lipinski definition) is 1. The first-order chi connectivity index (χ1) is 9.79. The van der Waals surface area contributed by atoms with Crippen LogP contribution in [0.5, 0.6) is 0 Å². The number of aromatic nitrogens is 2. The molecule has 2 rings (SSSR count). The minimum atomic E-state index is -4.51. The Morgan fingerprint density at radius 2 is 1.86 bits per heavy atom. The number of pyridine rings is 2. The van der Waals surface area contributed by atoms with Gasteiger partial charge in [0.15, 0.2) is 0 Å². The van der Waals surface area contributed by atoms with Crippen LogP contribution in [0.1, 0.15) is 28.4 Å². The summed E-state index contributed by atoms with van der Waals surface area (Å²) in [6, 6.07) is 4.81. The largest absolute Gasteiger partial charge is 0.416 e. The molecule has 7 heteroatoms. The van der Waals surface area contributed by atoms with Gasteiger partial charge in [0.25, 0.3) is 0 Å². The molecule has 0 aliphatic heterocycles. The van der Waals surface area contributed by atoms with Gasteiger partial charge in [-0.1, -0.05) is 0 Å². The van der Waals surface area contributed by atoms with E-state index in [1.807, 2.05) is 0 Å². The highest BCUT2D eigenvalue weighted by molar-refractivity contribution is 5.85. The summed E-state index contributed by atoms with van der Waals surface area (Å²) in [6.07, 6.45) is -2.02. The Morgan fingerprint density at radius 1 is 1.19 bits per heavy atom. The molecular formula is C14H12F3N3O. The van der Waals surface area contributed by atoms with E-state index in [-0.39, 0.29) is 5.69 Å². The van der Waals surface area contributed by atoms with Gasteiger partial charge in [0.05, 0.1) is 11.3 Å². The average molecular weight is 295 g/mol. The SMILES string of the molecule is Cc1cc(C(C(N)=O)c2cc(C(F)(F)F)ccn2)ccn1. The maximum atomic E-state index is 12.7. The molecule has 0 saturated heterocycles. The van der Waals surface area contributed by atoms with E-state index < -0.39 is 23.6 Å². The van der Waals surface area contributed by atoms with Gasteiger partial charge in [-0.05, 0) is 36.8 Å². The molecule has 2 heterocycles. The summed E-state index contributed by atoms with van der Waals surface area (Å²) in [7, 11) is 0. The average Bonchev–Trinajstić information content (AvgIpc) is 2.38. The van der Waals surface area contributed by atoms with Crippen molar-refractivity contribution in [1.29, 1.82) is 0 Å². The third kappa shape index (κ3) is 3.36. The van der Waals surface area contributed by atoms with Crippen LogP contribution in [0.2, 0.25) is 0 Å². The number of carbonyl (C=O) groups excluding carboxylic acids is 1. The highest BCUT2D eigenvalue weighted by atomic mass is 19.4. The van der Waals surface area contributed by atoms with Crippen molar-refractivity contribution >= 4 is 5.91 Å². The van der Waals surface area contributed by atoms with Crippen LogP contribution in [0.4, 0.5) is 13.2 Å². The van der Waals surface area contributed by atoms with Crippen LogP contribution in [-0.4, -0.2) is 15.9 Å². The molecule has 21 heavy (non-hydrogen) atoms. The topological polar surface area (TPSA) is 68.9 Å². The number of amides is 1. The van der Waals surface area contributed by atoms with Crippen molar-refractivity contribution in [3.05, 3.63) is 59.2 Å². The van der Waals surface area contributed by atoms with E-state index in [4.69, 9.17) is 5.73 Å². The first kappa shape index (κ1) is 15.0. The monoisotopic (exact) mass is 295 g/mol. The first-order valence-electron chi connectivity index (χ1n) is 6.04. The lowest BCUT2D eigenvalue weighted by atomic mass is 9.94. The van der Waals surface area contributed by atoms with Crippen LogP contribution in [0.3, 0.4) is 0 Å². The van der Waals surface area contributed by atoms with E-state index in [2.05, 4.69) is 9.97 Å². The van der Waals surface area contributed by atoms with Crippen molar-refractivity contribution in [1.82, 2.24) is 9.97 Å². The van der Waals surface area contributed by atoms with Crippen molar-refractivity contribution in [3.63, 3.8) is 0 Å². The van der Waals surface area contributed by atoms with Crippen LogP contribution in [0.25, 0.3) is 0 Å². The Balaban J connectivity index is 2.52. The first-order valence-corrected chi connectivity index (χ1v) is 6.04. The molecule has 0 aromatic carbocycles. The van der Waals surface area contributed by atoms with Crippen molar-refractivity contribution in [3.8, 4) is 0 Å². The van der Waals surface area contributed by atoms with Crippen molar-refractivity contribution in [2.75, 3.05) is 0 Å². The van der Waals surface area contributed by atoms with E-state index in [0.29, 0.717) is 11.3 Å². The zero-order valence-corrected chi connectivity index (χ0v) is 11.1. The highest BCUT2D eigenvalue weighted by Gasteiger charge is 2.32. The lowest BCUT2D eigenvalue weighted by molar-refractivity contribution is -0.137. The lowest BCUT2D eigenvalue weighted by Gasteiger charge is -2.15. The van der Waals surface area contributed by atoms with E-state index >= 15 is 0 Å². The van der Waals surface area contributed by atoms with Gasteiger partial charge in [-0.3, -0.25) is 14.8 Å². The molecule has 1 amide bonds. The summed E-state index contributed by atoms with van der Waals surface area (Å²) >= 11 is 0. The van der Waals surface area contributed by atoms with Crippen LogP contribution in [0.15, 0.2) is 36.7 Å². The standard InChI is InChI=1S/C14H12F3N3O/c1-8-6-9(2-4-19-8)12(13(18)21)11-7-10(3-5-20-11)14(15,16)17/h2-7,12H,1H3,(H2,18,21). The Bertz CT molecular complexity index is 671. The number of nitrogens with zero attached hydrogens (tertiary/aromatic N) is 2. The molecule has 0 radical (unpaired) electrons. The molecule has 0 fully saturated rings. The maximum absolute atomic E-state index is 12.7. The molecule has 2 aromatic heterocycles. The molecular weight excluding hydrogens is 283 g/mol. The Morgan fingerprint density at radius 3 is 2.43 bits per heavy atom. The van der Waals surface area contributed by atoms with E-state index in [1.54, 1.807) is 13.0 Å². The van der Waals surface area contributed by atoms with Crippen LogP contribution >= 0.6 is 0 Å². The van der Waals surface area contributed by atoms with E-state index in [9.17, 15) is 18.0 Å². The minimum Gasteiger partial charge on any atom is -0.369 e. The van der Waals surface area contributed by atoms with Crippen molar-refractivity contribution < 1.29 is 18.0 Å². The minimum absolute atomic E-state index is 0.0390. The quantitative estimate of drug-likeness (QED) is 0.945. The molecule has 4 nitrogen and oxygen atoms in total. The Labute approximate surface area is 118 Å². The number of hydrogen-bond acceptors (Lipinski definition) is 3. The van der Waals surface area contributed by atoms with Gasteiger partial charge in [-0.25, -0.2) is 0 Å². The summed E-state index contributed by atoms with van der Waals surface area (Å²) < 4.78 is 38.2. The molecule has 0 spiro atoms. The highest BCUT2D eigenvalue weighted by Crippen LogP contribution is 2.31. The van der Waals surface area contributed by atoms with Crippen LogP contribution in [0, 0.1) is 6.92 Å². The number of nitrogens with two attached hydrogens (primary N) is 1. The normalized spacial score (nSPS) is 13.0. The number of halogens is 3. The fraction of sp³-hybridized carbons (Fsp3) is 0.214. The molecule has 0 aliphatic carbocycles. The second kappa shape index (κ2) is 5.51. The summed E-state index contributed by atoms with van der Waals surface area (Å²) in [5.74, 6) is -1.82. The summed E-state index contributed by atoms with van der Waals surface area (Å²) in [5, 5.41) is 0. The molecule has 2 N–H and O–H groups in total. The van der Waals surface area contributed by atoms with Gasteiger partial charge in [-0.15, -0.1) is 0 Å². The van der Waals surface area contributed by atoms with Crippen LogP contribution in [-0.2, 0) is 11.0 Å². The molecule has 1 unspecified atom stereocenters. The molecule has 110 valence electrons. The maximum Gasteiger partial charge on any atom is 0.416 e. The summed E-state index contributed by atoms with van der Waals surface area (Å²) in [4.78, 5) is 19.5. The van der Waals surface area contributed by atoms with E-state index in [1.165, 1.54) is 12.3 Å². The lowest BCUT2D eigenvalue weighted by Crippen LogP contribution is -2.24. The molecule has 0 saturated carbocycles. The summed E-state index contributed by atoms with van der Waals surface area (Å²) in [5.41, 5.74) is 5.51. The van der Waals surface area contributed by atoms with E-state index in [0.717, 1.165) is 18.3 Å². The molecule has 2 aromatic rings. The zero-order valence-electron chi connectivity index (χ0n) is 11.1. The molecule has 1 atom stereocenters. The van der Waals surface area contributed by atoms with Crippen molar-refractivity contribution in [2.24, 2.45) is 5.73 Å². The number of carbonyl (C=O) groups is 1. The molecule has 0 bridgehead atoms. The number of aryl methyl sites for hydroxylation is 1. The zero-order chi connectivity index (χ0) is 15.6. The van der Waals surface area contributed by atoms with Gasteiger partial charge < -0.3 is 5.73 Å². The Kier molecular flexibility index (Phi) is 3.93. The number of alkyl halides is 3. The summed E-state index contributed by atoms with van der Waals surface area (Å²) in [6.45, 7) is 1.71. The predicted molar refractivity (Wildman–Crippen MR) is 69.3 cm³/mol. The molecule has 0 aliphatic rings. The van der Waals surface area contributed by atoms with Gasteiger partial charge in [0, 0.05) is 18.1 Å². The third-order valence-corrected chi connectivity index (χ3v) is 2.94. The van der Waals surface area contributed by atoms with Crippen molar-refractivity contribution in [2.45, 2.75) is 19.0 Å². The van der Waals surface area contributed by atoms with Gasteiger partial charge in [0.2, 0.25) is 5.91 Å². The van der Waals surface area contributed by atoms with Gasteiger partial charge in [0.1, 0.15) is 5.92 Å². The Hall–Kier alpha value is -2.44. The third-order valence-electron chi connectivity index (χ3n) is 2.94. The van der Waals surface area contributed by atoms with Gasteiger partial charge in [-0.2, -0.15) is 13.2 Å². The smallest absolute Gasteiger partial charge is 0.369 e. The fourth-order valence-corrected chi connectivity index (χ4v) is 2.01. The predicted octanol–water partition coefficient (Wildman–Crippen LogP) is 2.42. The van der Waals surface area contributed by atoms with Gasteiger partial charge >= 0.3 is 6.18 Å².